The molecule has 1 fully saturated rings. The second-order valence-electron chi connectivity index (χ2n) is 4.98. The molecule has 1 aliphatic heterocycles. The van der Waals surface area contributed by atoms with Gasteiger partial charge in [0.15, 0.2) is 5.65 Å². The van der Waals surface area contributed by atoms with Gasteiger partial charge in [-0.05, 0) is 12.8 Å². The zero-order valence-electron chi connectivity index (χ0n) is 10.6. The molecule has 7 nitrogen and oxygen atoms in total. The summed E-state index contributed by atoms with van der Waals surface area (Å²) in [5.41, 5.74) is 0.585. The maximum absolute atomic E-state index is 9.65. The van der Waals surface area contributed by atoms with Crippen molar-refractivity contribution < 1.29 is 9.84 Å². The van der Waals surface area contributed by atoms with E-state index in [1.165, 1.54) is 6.33 Å². The second-order valence-corrected chi connectivity index (χ2v) is 4.98. The Labute approximate surface area is 110 Å². The minimum Gasteiger partial charge on any atom is -0.396 e. The van der Waals surface area contributed by atoms with E-state index in [1.54, 1.807) is 6.20 Å². The minimum absolute atomic E-state index is 0.126. The van der Waals surface area contributed by atoms with E-state index in [4.69, 9.17) is 4.74 Å². The minimum atomic E-state index is -0.126. The Bertz CT molecular complexity index is 550. The van der Waals surface area contributed by atoms with Crippen LogP contribution in [0.15, 0.2) is 12.5 Å². The zero-order valence-corrected chi connectivity index (χ0v) is 10.6. The third kappa shape index (κ3) is 2.39. The van der Waals surface area contributed by atoms with Crippen LogP contribution in [0.1, 0.15) is 12.8 Å². The lowest BCUT2D eigenvalue weighted by Crippen LogP contribution is -2.39. The Morgan fingerprint density at radius 2 is 2.21 bits per heavy atom. The van der Waals surface area contributed by atoms with Gasteiger partial charge in [-0.25, -0.2) is 9.97 Å². The van der Waals surface area contributed by atoms with E-state index in [9.17, 15) is 5.11 Å². The van der Waals surface area contributed by atoms with Crippen molar-refractivity contribution in [1.29, 1.82) is 0 Å². The van der Waals surface area contributed by atoms with E-state index < -0.39 is 0 Å². The topological polar surface area (TPSA) is 96.0 Å². The number of aliphatic hydroxyl groups excluding tert-OH is 1. The van der Waals surface area contributed by atoms with Gasteiger partial charge in [0, 0.05) is 25.2 Å². The Morgan fingerprint density at radius 3 is 3.00 bits per heavy atom. The fraction of sp³-hybridized carbons (Fsp3) is 0.583. The van der Waals surface area contributed by atoms with E-state index >= 15 is 0 Å². The number of aromatic amines is 1. The monoisotopic (exact) mass is 263 g/mol. The van der Waals surface area contributed by atoms with Crippen molar-refractivity contribution in [3.8, 4) is 0 Å². The molecule has 19 heavy (non-hydrogen) atoms. The summed E-state index contributed by atoms with van der Waals surface area (Å²) in [6.45, 7) is 2.23. The molecule has 2 aromatic rings. The smallest absolute Gasteiger partial charge is 0.160 e. The molecule has 0 aliphatic carbocycles. The Balaban J connectivity index is 1.76. The van der Waals surface area contributed by atoms with E-state index in [0.29, 0.717) is 25.4 Å². The summed E-state index contributed by atoms with van der Waals surface area (Å²) in [6, 6.07) is 0. The van der Waals surface area contributed by atoms with Gasteiger partial charge in [0.25, 0.3) is 0 Å². The summed E-state index contributed by atoms with van der Waals surface area (Å²) in [6.07, 6.45) is 4.91. The number of hydrogen-bond donors (Lipinski definition) is 3. The summed E-state index contributed by atoms with van der Waals surface area (Å²) >= 11 is 0. The van der Waals surface area contributed by atoms with E-state index in [-0.39, 0.29) is 12.0 Å². The summed E-state index contributed by atoms with van der Waals surface area (Å²) in [4.78, 5) is 8.33. The van der Waals surface area contributed by atoms with Crippen LogP contribution < -0.4 is 5.32 Å². The van der Waals surface area contributed by atoms with Gasteiger partial charge in [0.2, 0.25) is 0 Å². The molecule has 0 radical (unpaired) electrons. The van der Waals surface area contributed by atoms with Crippen LogP contribution >= 0.6 is 0 Å². The van der Waals surface area contributed by atoms with Gasteiger partial charge < -0.3 is 15.2 Å². The van der Waals surface area contributed by atoms with Crippen LogP contribution in [0.3, 0.4) is 0 Å². The quantitative estimate of drug-likeness (QED) is 0.745. The fourth-order valence-corrected chi connectivity index (χ4v) is 2.37. The molecule has 3 N–H and O–H groups in total. The van der Waals surface area contributed by atoms with Gasteiger partial charge in [0.1, 0.15) is 12.1 Å². The van der Waals surface area contributed by atoms with Crippen LogP contribution in [0, 0.1) is 5.41 Å². The maximum Gasteiger partial charge on any atom is 0.160 e. The average molecular weight is 263 g/mol. The average Bonchev–Trinajstić information content (AvgIpc) is 2.95. The molecule has 0 spiro atoms. The van der Waals surface area contributed by atoms with Crippen molar-refractivity contribution in [1.82, 2.24) is 20.2 Å². The molecule has 0 amide bonds. The highest BCUT2D eigenvalue weighted by Crippen LogP contribution is 2.30. The predicted octanol–water partition coefficient (Wildman–Crippen LogP) is 0.554. The highest BCUT2D eigenvalue weighted by Gasteiger charge is 2.32. The molecule has 0 atom stereocenters. The molecule has 1 aliphatic rings. The van der Waals surface area contributed by atoms with Crippen molar-refractivity contribution in [2.75, 3.05) is 31.7 Å². The van der Waals surface area contributed by atoms with Gasteiger partial charge in [-0.2, -0.15) is 5.10 Å². The number of nitrogens with one attached hydrogen (secondary N) is 2. The standard InChI is InChI=1S/C12H17N5O2/c18-7-12(1-3-19-4-2-12)6-13-10-9-5-16-17-11(9)15-8-14-10/h5,8,18H,1-4,6-7H2,(H2,13,14,15,16,17). The molecule has 2 aromatic heterocycles. The highest BCUT2D eigenvalue weighted by atomic mass is 16.5. The lowest BCUT2D eigenvalue weighted by molar-refractivity contribution is -0.00860. The molecule has 0 saturated carbocycles. The second kappa shape index (κ2) is 5.10. The van der Waals surface area contributed by atoms with E-state index in [1.807, 2.05) is 0 Å². The summed E-state index contributed by atoms with van der Waals surface area (Å²) in [5, 5.41) is 20.6. The number of rotatable bonds is 4. The molecule has 7 heteroatoms. The molecule has 3 heterocycles. The predicted molar refractivity (Wildman–Crippen MR) is 69.7 cm³/mol. The highest BCUT2D eigenvalue weighted by molar-refractivity contribution is 5.85. The molecular formula is C12H17N5O2. The first-order chi connectivity index (χ1) is 9.33. The largest absolute Gasteiger partial charge is 0.396 e. The Morgan fingerprint density at radius 1 is 1.37 bits per heavy atom. The number of anilines is 1. The van der Waals surface area contributed by atoms with Crippen molar-refractivity contribution in [3.63, 3.8) is 0 Å². The van der Waals surface area contributed by atoms with Gasteiger partial charge in [-0.1, -0.05) is 0 Å². The number of aliphatic hydroxyl groups is 1. The molecule has 0 aromatic carbocycles. The Kier molecular flexibility index (Phi) is 3.31. The van der Waals surface area contributed by atoms with Gasteiger partial charge >= 0.3 is 0 Å². The first-order valence-corrected chi connectivity index (χ1v) is 6.40. The van der Waals surface area contributed by atoms with Crippen molar-refractivity contribution in [2.45, 2.75) is 12.8 Å². The number of hydrogen-bond acceptors (Lipinski definition) is 6. The molecule has 3 rings (SSSR count). The molecule has 0 bridgehead atoms. The SMILES string of the molecule is OCC1(CNc2ncnc3[nH]ncc23)CCOCC1. The first kappa shape index (κ1) is 12.3. The molecule has 0 unspecified atom stereocenters. The lowest BCUT2D eigenvalue weighted by Gasteiger charge is -2.35. The Hall–Kier alpha value is -1.73. The number of fused-ring (bicyclic) bond motifs is 1. The van der Waals surface area contributed by atoms with Crippen LogP contribution in [0.2, 0.25) is 0 Å². The maximum atomic E-state index is 9.65. The van der Waals surface area contributed by atoms with Crippen LogP contribution in [-0.4, -0.2) is 51.6 Å². The van der Waals surface area contributed by atoms with Gasteiger partial charge in [-0.15, -0.1) is 0 Å². The number of ether oxygens (including phenoxy) is 1. The van der Waals surface area contributed by atoms with Crippen LogP contribution in [0.25, 0.3) is 11.0 Å². The van der Waals surface area contributed by atoms with Crippen LogP contribution in [-0.2, 0) is 4.74 Å². The molecule has 1 saturated heterocycles. The summed E-state index contributed by atoms with van der Waals surface area (Å²) in [5.74, 6) is 0.748. The van der Waals surface area contributed by atoms with E-state index in [2.05, 4.69) is 25.5 Å². The summed E-state index contributed by atoms with van der Waals surface area (Å²) < 4.78 is 5.36. The normalized spacial score (nSPS) is 18.6. The van der Waals surface area contributed by atoms with Gasteiger partial charge in [-0.3, -0.25) is 5.10 Å². The number of aromatic nitrogens is 4. The molecular weight excluding hydrogens is 246 g/mol. The van der Waals surface area contributed by atoms with Crippen molar-refractivity contribution in [2.24, 2.45) is 5.41 Å². The van der Waals surface area contributed by atoms with Crippen LogP contribution in [0.5, 0.6) is 0 Å². The van der Waals surface area contributed by atoms with E-state index in [0.717, 1.165) is 24.0 Å². The summed E-state index contributed by atoms with van der Waals surface area (Å²) in [7, 11) is 0. The van der Waals surface area contributed by atoms with Crippen LogP contribution in [0.4, 0.5) is 5.82 Å². The third-order valence-electron chi connectivity index (χ3n) is 3.77. The number of H-pyrrole nitrogens is 1. The first-order valence-electron chi connectivity index (χ1n) is 6.40. The van der Waals surface area contributed by atoms with Crippen molar-refractivity contribution in [3.05, 3.63) is 12.5 Å². The third-order valence-corrected chi connectivity index (χ3v) is 3.77. The fourth-order valence-electron chi connectivity index (χ4n) is 2.37. The number of nitrogens with zero attached hydrogens (tertiary/aromatic N) is 3. The molecule has 102 valence electrons. The lowest BCUT2D eigenvalue weighted by atomic mass is 9.81. The van der Waals surface area contributed by atoms with Gasteiger partial charge in [0.05, 0.1) is 18.2 Å². The zero-order chi connectivity index (χ0) is 13.1. The van der Waals surface area contributed by atoms with Crippen molar-refractivity contribution >= 4 is 16.9 Å².